The Labute approximate surface area is 151 Å². The van der Waals surface area contributed by atoms with E-state index in [9.17, 15) is 4.79 Å². The lowest BCUT2D eigenvalue weighted by Gasteiger charge is -2.33. The van der Waals surface area contributed by atoms with E-state index in [0.29, 0.717) is 30.0 Å². The Kier molecular flexibility index (Phi) is 8.86. The van der Waals surface area contributed by atoms with Crippen LogP contribution in [0.1, 0.15) is 36.7 Å². The molecule has 136 valence electrons. The molecule has 1 unspecified atom stereocenters. The van der Waals surface area contributed by atoms with E-state index < -0.39 is 5.54 Å². The van der Waals surface area contributed by atoms with Gasteiger partial charge in [0.15, 0.2) is 11.5 Å². The van der Waals surface area contributed by atoms with Crippen LogP contribution in [0.4, 0.5) is 0 Å². The molecule has 0 saturated carbocycles. The molecule has 0 bridgehead atoms. The van der Waals surface area contributed by atoms with Crippen molar-refractivity contribution in [1.82, 2.24) is 5.32 Å². The van der Waals surface area contributed by atoms with Gasteiger partial charge in [-0.25, -0.2) is 0 Å². The number of hydrogen-bond donors (Lipinski definition) is 2. The molecule has 3 N–H and O–H groups in total. The van der Waals surface area contributed by atoms with Crippen LogP contribution in [0.2, 0.25) is 0 Å². The van der Waals surface area contributed by atoms with Gasteiger partial charge in [-0.1, -0.05) is 19.9 Å². The SMILES string of the molecule is C=CCc1cc(C(=O)NC(C)(CN)C(C)C)cc(OC)c1OC.Cl. The average molecular weight is 357 g/mol. The molecule has 0 aromatic heterocycles. The van der Waals surface area contributed by atoms with Gasteiger partial charge < -0.3 is 20.5 Å². The van der Waals surface area contributed by atoms with Gasteiger partial charge in [0.1, 0.15) is 0 Å². The van der Waals surface area contributed by atoms with Crippen LogP contribution in [0.25, 0.3) is 0 Å². The molecule has 0 heterocycles. The minimum absolute atomic E-state index is 0. The van der Waals surface area contributed by atoms with Crippen molar-refractivity contribution >= 4 is 18.3 Å². The second-order valence-electron chi connectivity index (χ2n) is 6.09. The molecule has 0 spiro atoms. The highest BCUT2D eigenvalue weighted by atomic mass is 35.5. The third kappa shape index (κ3) is 4.89. The largest absolute Gasteiger partial charge is 0.493 e. The molecular weight excluding hydrogens is 328 g/mol. The number of methoxy groups -OCH3 is 2. The van der Waals surface area contributed by atoms with Crippen molar-refractivity contribution in [3.63, 3.8) is 0 Å². The Morgan fingerprint density at radius 3 is 2.42 bits per heavy atom. The summed E-state index contributed by atoms with van der Waals surface area (Å²) in [7, 11) is 3.13. The molecule has 1 atom stereocenters. The number of rotatable bonds is 8. The van der Waals surface area contributed by atoms with Gasteiger partial charge in [-0.3, -0.25) is 4.79 Å². The van der Waals surface area contributed by atoms with Crippen LogP contribution in [-0.4, -0.2) is 32.2 Å². The van der Waals surface area contributed by atoms with Crippen LogP contribution in [0.3, 0.4) is 0 Å². The van der Waals surface area contributed by atoms with Gasteiger partial charge in [-0.2, -0.15) is 0 Å². The third-order valence-electron chi connectivity index (χ3n) is 4.28. The lowest BCUT2D eigenvalue weighted by molar-refractivity contribution is 0.0882. The smallest absolute Gasteiger partial charge is 0.251 e. The highest BCUT2D eigenvalue weighted by Crippen LogP contribution is 2.33. The first-order chi connectivity index (χ1) is 10.8. The van der Waals surface area contributed by atoms with E-state index in [4.69, 9.17) is 15.2 Å². The number of carbonyl (C=O) groups is 1. The van der Waals surface area contributed by atoms with Gasteiger partial charge in [0.2, 0.25) is 0 Å². The Bertz CT molecular complexity index is 576. The van der Waals surface area contributed by atoms with Gasteiger partial charge in [0, 0.05) is 17.7 Å². The highest BCUT2D eigenvalue weighted by molar-refractivity contribution is 5.95. The van der Waals surface area contributed by atoms with Crippen molar-refractivity contribution < 1.29 is 14.3 Å². The maximum atomic E-state index is 12.7. The Morgan fingerprint density at radius 1 is 1.38 bits per heavy atom. The van der Waals surface area contributed by atoms with Crippen molar-refractivity contribution in [2.75, 3.05) is 20.8 Å². The van der Waals surface area contributed by atoms with Crippen LogP contribution < -0.4 is 20.5 Å². The Balaban J connectivity index is 0.00000529. The summed E-state index contributed by atoms with van der Waals surface area (Å²) in [5, 5.41) is 3.03. The molecule has 0 aliphatic heterocycles. The first kappa shape index (κ1) is 22.3. The predicted molar refractivity (Wildman–Crippen MR) is 100 cm³/mol. The highest BCUT2D eigenvalue weighted by Gasteiger charge is 2.29. The van der Waals surface area contributed by atoms with Crippen molar-refractivity contribution in [2.45, 2.75) is 32.7 Å². The van der Waals surface area contributed by atoms with E-state index in [2.05, 4.69) is 11.9 Å². The number of nitrogens with one attached hydrogen (secondary N) is 1. The minimum atomic E-state index is -0.469. The summed E-state index contributed by atoms with van der Waals surface area (Å²) in [5.41, 5.74) is 6.74. The van der Waals surface area contributed by atoms with E-state index in [1.807, 2.05) is 20.8 Å². The third-order valence-corrected chi connectivity index (χ3v) is 4.28. The monoisotopic (exact) mass is 356 g/mol. The molecule has 24 heavy (non-hydrogen) atoms. The van der Waals surface area contributed by atoms with Crippen molar-refractivity contribution in [2.24, 2.45) is 11.7 Å². The number of halogens is 1. The van der Waals surface area contributed by atoms with Crippen LogP contribution >= 0.6 is 12.4 Å². The van der Waals surface area contributed by atoms with Crippen molar-refractivity contribution in [3.8, 4) is 11.5 Å². The second kappa shape index (κ2) is 9.55. The molecule has 0 saturated heterocycles. The number of benzene rings is 1. The molecule has 0 aliphatic rings. The zero-order valence-electron chi connectivity index (χ0n) is 15.1. The van der Waals surface area contributed by atoms with E-state index in [1.165, 1.54) is 0 Å². The number of amides is 1. The number of allylic oxidation sites excluding steroid dienone is 1. The van der Waals surface area contributed by atoms with Gasteiger partial charge in [0.25, 0.3) is 5.91 Å². The molecule has 0 radical (unpaired) electrons. The van der Waals surface area contributed by atoms with Gasteiger partial charge in [-0.05, 0) is 31.4 Å². The molecule has 5 nitrogen and oxygen atoms in total. The summed E-state index contributed by atoms with van der Waals surface area (Å²) >= 11 is 0. The Morgan fingerprint density at radius 2 is 2.00 bits per heavy atom. The topological polar surface area (TPSA) is 73.6 Å². The lowest BCUT2D eigenvalue weighted by atomic mass is 9.88. The second-order valence-corrected chi connectivity index (χ2v) is 6.09. The summed E-state index contributed by atoms with van der Waals surface area (Å²) in [5.74, 6) is 1.17. The predicted octanol–water partition coefficient (Wildman–Crippen LogP) is 2.96. The Hall–Kier alpha value is -1.72. The normalized spacial score (nSPS) is 12.8. The molecule has 0 fully saturated rings. The van der Waals surface area contributed by atoms with Gasteiger partial charge in [-0.15, -0.1) is 19.0 Å². The minimum Gasteiger partial charge on any atom is -0.493 e. The maximum absolute atomic E-state index is 12.7. The number of hydrogen-bond acceptors (Lipinski definition) is 4. The summed E-state index contributed by atoms with van der Waals surface area (Å²) in [6, 6.07) is 3.48. The number of carbonyl (C=O) groups excluding carboxylic acids is 1. The summed E-state index contributed by atoms with van der Waals surface area (Å²) in [6.07, 6.45) is 2.34. The number of nitrogens with two attached hydrogens (primary N) is 1. The first-order valence-corrected chi connectivity index (χ1v) is 7.71. The summed E-state index contributed by atoms with van der Waals surface area (Å²) in [6.45, 7) is 10.1. The fourth-order valence-corrected chi connectivity index (χ4v) is 2.24. The first-order valence-electron chi connectivity index (χ1n) is 7.71. The van der Waals surface area contributed by atoms with Crippen molar-refractivity contribution in [1.29, 1.82) is 0 Å². The van der Waals surface area contributed by atoms with E-state index >= 15 is 0 Å². The number of ether oxygens (including phenoxy) is 2. The molecule has 1 rings (SSSR count). The molecular formula is C18H29ClN2O3. The van der Waals surface area contributed by atoms with Crippen LogP contribution in [0, 0.1) is 5.92 Å². The molecule has 6 heteroatoms. The van der Waals surface area contributed by atoms with Crippen LogP contribution in [0.15, 0.2) is 24.8 Å². The maximum Gasteiger partial charge on any atom is 0.251 e. The lowest BCUT2D eigenvalue weighted by Crippen LogP contribution is -2.55. The molecule has 1 aromatic carbocycles. The van der Waals surface area contributed by atoms with Crippen LogP contribution in [0.5, 0.6) is 11.5 Å². The zero-order chi connectivity index (χ0) is 17.6. The quantitative estimate of drug-likeness (QED) is 0.702. The standard InChI is InChI=1S/C18H28N2O3.ClH/c1-7-8-13-9-14(10-15(22-5)16(13)23-6)17(21)20-18(4,11-19)12(2)3;/h7,9-10,12H,1,8,11,19H2,2-6H3,(H,20,21);1H. The zero-order valence-corrected chi connectivity index (χ0v) is 16.0. The molecule has 0 aliphatic carbocycles. The molecule has 1 amide bonds. The summed E-state index contributed by atoms with van der Waals surface area (Å²) < 4.78 is 10.7. The van der Waals surface area contributed by atoms with E-state index in [0.717, 1.165) is 5.56 Å². The molecule has 1 aromatic rings. The van der Waals surface area contributed by atoms with E-state index in [-0.39, 0.29) is 24.2 Å². The van der Waals surface area contributed by atoms with Crippen LogP contribution in [-0.2, 0) is 6.42 Å². The van der Waals surface area contributed by atoms with Crippen molar-refractivity contribution in [3.05, 3.63) is 35.9 Å². The average Bonchev–Trinajstić information content (AvgIpc) is 2.53. The fourth-order valence-electron chi connectivity index (χ4n) is 2.24. The fraction of sp³-hybridized carbons (Fsp3) is 0.500. The summed E-state index contributed by atoms with van der Waals surface area (Å²) in [4.78, 5) is 12.7. The van der Waals surface area contributed by atoms with Gasteiger partial charge >= 0.3 is 0 Å². The van der Waals surface area contributed by atoms with E-state index in [1.54, 1.807) is 32.4 Å². The van der Waals surface area contributed by atoms with Gasteiger partial charge in [0.05, 0.1) is 19.8 Å².